The van der Waals surface area contributed by atoms with Gasteiger partial charge >= 0.3 is 0 Å². The minimum absolute atomic E-state index is 0.114. The molecule has 2 heterocycles. The zero-order chi connectivity index (χ0) is 22.9. The quantitative estimate of drug-likeness (QED) is 0.313. The number of nitrogens with one attached hydrogen (secondary N) is 1. The Morgan fingerprint density at radius 2 is 2.09 bits per heavy atom. The third-order valence-electron chi connectivity index (χ3n) is 5.64. The van der Waals surface area contributed by atoms with Crippen molar-refractivity contribution in [3.8, 4) is 16.8 Å². The van der Waals surface area contributed by atoms with E-state index in [4.69, 9.17) is 18.2 Å². The first kappa shape index (κ1) is 21.4. The minimum Gasteiger partial charge on any atom is -0.347 e. The van der Waals surface area contributed by atoms with Gasteiger partial charge in [-0.25, -0.2) is 13.9 Å². The molecule has 0 unspecified atom stereocenters. The summed E-state index contributed by atoms with van der Waals surface area (Å²) in [5.74, 6) is -0.0773. The van der Waals surface area contributed by atoms with E-state index < -0.39 is 5.82 Å². The Hall–Kier alpha value is -3.47. The van der Waals surface area contributed by atoms with Crippen molar-refractivity contribution >= 4 is 34.5 Å². The van der Waals surface area contributed by atoms with Gasteiger partial charge in [0.25, 0.3) is 5.91 Å². The van der Waals surface area contributed by atoms with E-state index in [9.17, 15) is 9.18 Å². The number of rotatable bonds is 6. The molecule has 2 aromatic heterocycles. The van der Waals surface area contributed by atoms with Crippen LogP contribution in [0.5, 0.6) is 0 Å². The highest BCUT2D eigenvalue weighted by Gasteiger charge is 2.28. The summed E-state index contributed by atoms with van der Waals surface area (Å²) in [4.78, 5) is 16.7. The average Bonchev–Trinajstić information content (AvgIpc) is 3.33. The number of hydrogen-bond donors (Lipinski definition) is 1. The molecule has 5 nitrogen and oxygen atoms in total. The van der Waals surface area contributed by atoms with Gasteiger partial charge in [0.2, 0.25) is 5.69 Å². The maximum absolute atomic E-state index is 14.8. The second-order valence-corrected chi connectivity index (χ2v) is 9.21. The third-order valence-corrected chi connectivity index (χ3v) is 6.88. The van der Waals surface area contributed by atoms with E-state index in [1.54, 1.807) is 47.4 Å². The number of aromatic nitrogens is 2. The van der Waals surface area contributed by atoms with E-state index in [0.29, 0.717) is 27.9 Å². The first-order valence-electron chi connectivity index (χ1n) is 10.4. The largest absolute Gasteiger partial charge is 0.347 e. The predicted molar refractivity (Wildman–Crippen MR) is 128 cm³/mol. The SMILES string of the molecule is [C-]#[N+]c1ccc(-c2cnn(-c3ccc(CNC(=O)c4sccc4C4CC4)c(F)c3)c2)cc1Cl. The molecule has 0 saturated heterocycles. The summed E-state index contributed by atoms with van der Waals surface area (Å²) >= 11 is 7.56. The number of carbonyl (C=O) groups is 1. The Morgan fingerprint density at radius 3 is 2.82 bits per heavy atom. The average molecular weight is 477 g/mol. The van der Waals surface area contributed by atoms with Crippen molar-refractivity contribution in [2.75, 3.05) is 0 Å². The van der Waals surface area contributed by atoms with Gasteiger partial charge in [-0.3, -0.25) is 4.79 Å². The molecule has 4 aromatic rings. The lowest BCUT2D eigenvalue weighted by Crippen LogP contribution is -2.23. The normalized spacial score (nSPS) is 13.0. The molecule has 1 N–H and O–H groups in total. The number of amides is 1. The molecule has 0 bridgehead atoms. The second kappa shape index (κ2) is 8.81. The van der Waals surface area contributed by atoms with Gasteiger partial charge in [0.05, 0.1) is 23.3 Å². The molecule has 0 aliphatic heterocycles. The summed E-state index contributed by atoms with van der Waals surface area (Å²) < 4.78 is 16.4. The van der Waals surface area contributed by atoms with Crippen molar-refractivity contribution in [1.82, 2.24) is 15.1 Å². The van der Waals surface area contributed by atoms with Gasteiger partial charge in [0.1, 0.15) is 5.82 Å². The van der Waals surface area contributed by atoms with Crippen LogP contribution in [0.25, 0.3) is 21.7 Å². The molecule has 8 heteroatoms. The lowest BCUT2D eigenvalue weighted by Gasteiger charge is -2.09. The van der Waals surface area contributed by atoms with Crippen molar-refractivity contribution in [2.24, 2.45) is 0 Å². The molecular weight excluding hydrogens is 459 g/mol. The topological polar surface area (TPSA) is 51.3 Å². The summed E-state index contributed by atoms with van der Waals surface area (Å²) in [5.41, 5.74) is 4.08. The van der Waals surface area contributed by atoms with Gasteiger partial charge in [-0.15, -0.1) is 11.3 Å². The van der Waals surface area contributed by atoms with Gasteiger partial charge in [-0.1, -0.05) is 29.8 Å². The van der Waals surface area contributed by atoms with E-state index >= 15 is 0 Å². The number of nitrogens with zero attached hydrogens (tertiary/aromatic N) is 3. The zero-order valence-corrected chi connectivity index (χ0v) is 19.0. The first-order valence-corrected chi connectivity index (χ1v) is 11.7. The molecule has 5 rings (SSSR count). The van der Waals surface area contributed by atoms with Crippen molar-refractivity contribution in [3.05, 3.63) is 98.5 Å². The maximum Gasteiger partial charge on any atom is 0.261 e. The van der Waals surface area contributed by atoms with E-state index in [1.807, 2.05) is 11.4 Å². The maximum atomic E-state index is 14.8. The van der Waals surface area contributed by atoms with E-state index in [2.05, 4.69) is 15.3 Å². The summed E-state index contributed by atoms with van der Waals surface area (Å²) in [7, 11) is 0. The highest BCUT2D eigenvalue weighted by atomic mass is 35.5. The van der Waals surface area contributed by atoms with Gasteiger partial charge in [-0.2, -0.15) is 5.10 Å². The fourth-order valence-corrected chi connectivity index (χ4v) is 4.81. The van der Waals surface area contributed by atoms with Crippen molar-refractivity contribution in [2.45, 2.75) is 25.3 Å². The Labute approximate surface area is 199 Å². The van der Waals surface area contributed by atoms with Gasteiger partial charge in [0.15, 0.2) is 0 Å². The Morgan fingerprint density at radius 1 is 1.24 bits per heavy atom. The number of hydrogen-bond acceptors (Lipinski definition) is 3. The minimum atomic E-state index is -0.414. The Bertz CT molecular complexity index is 1400. The second-order valence-electron chi connectivity index (χ2n) is 7.89. The van der Waals surface area contributed by atoms with Gasteiger partial charge in [0, 0.05) is 28.9 Å². The van der Waals surface area contributed by atoms with Crippen LogP contribution in [0.4, 0.5) is 10.1 Å². The first-order chi connectivity index (χ1) is 16.0. The fourth-order valence-electron chi connectivity index (χ4n) is 3.69. The monoisotopic (exact) mass is 476 g/mol. The molecule has 1 fully saturated rings. The van der Waals surface area contributed by atoms with Crippen LogP contribution >= 0.6 is 22.9 Å². The predicted octanol–water partition coefficient (Wildman–Crippen LogP) is 6.75. The number of halogens is 2. The van der Waals surface area contributed by atoms with E-state index in [1.165, 1.54) is 17.4 Å². The van der Waals surface area contributed by atoms with Crippen LogP contribution in [-0.2, 0) is 6.54 Å². The molecule has 1 saturated carbocycles. The number of benzene rings is 2. The fraction of sp³-hybridized carbons (Fsp3) is 0.160. The standard InChI is InChI=1S/C25H18ClFN4OS/c1-28-23-7-5-16(10-21(23)26)18-13-30-31(14-18)19-6-4-17(22(27)11-19)12-29-25(32)24-20(8-9-33-24)15-2-3-15/h4-11,13-15H,2-3,12H2,(H,29,32). The third kappa shape index (κ3) is 4.40. The van der Waals surface area contributed by atoms with Crippen LogP contribution in [0.2, 0.25) is 5.02 Å². The molecule has 33 heavy (non-hydrogen) atoms. The molecular formula is C25H18ClFN4OS. The van der Waals surface area contributed by atoms with Crippen molar-refractivity contribution in [3.63, 3.8) is 0 Å². The van der Waals surface area contributed by atoms with Crippen LogP contribution in [0.3, 0.4) is 0 Å². The summed E-state index contributed by atoms with van der Waals surface area (Å²) in [6.45, 7) is 7.21. The molecule has 1 aliphatic carbocycles. The zero-order valence-electron chi connectivity index (χ0n) is 17.4. The molecule has 164 valence electrons. The lowest BCUT2D eigenvalue weighted by atomic mass is 10.1. The molecule has 0 radical (unpaired) electrons. The van der Waals surface area contributed by atoms with Gasteiger partial charge < -0.3 is 5.32 Å². The Balaban J connectivity index is 1.29. The van der Waals surface area contributed by atoms with Crippen LogP contribution < -0.4 is 5.32 Å². The highest BCUT2D eigenvalue weighted by Crippen LogP contribution is 2.43. The number of carbonyl (C=O) groups excluding carboxylic acids is 1. The van der Waals surface area contributed by atoms with Crippen LogP contribution in [0.1, 0.15) is 39.6 Å². The molecule has 0 atom stereocenters. The molecule has 2 aromatic carbocycles. The summed E-state index contributed by atoms with van der Waals surface area (Å²) in [5, 5.41) is 9.47. The molecule has 1 amide bonds. The molecule has 1 aliphatic rings. The van der Waals surface area contributed by atoms with Crippen LogP contribution in [-0.4, -0.2) is 15.7 Å². The number of thiophene rings is 1. The smallest absolute Gasteiger partial charge is 0.261 e. The summed E-state index contributed by atoms with van der Waals surface area (Å²) in [6, 6.07) is 12.0. The highest BCUT2D eigenvalue weighted by molar-refractivity contribution is 7.12. The summed E-state index contributed by atoms with van der Waals surface area (Å²) in [6.07, 6.45) is 5.69. The van der Waals surface area contributed by atoms with Crippen molar-refractivity contribution < 1.29 is 9.18 Å². The van der Waals surface area contributed by atoms with Crippen molar-refractivity contribution in [1.29, 1.82) is 0 Å². The lowest BCUT2D eigenvalue weighted by molar-refractivity contribution is 0.0954. The van der Waals surface area contributed by atoms with E-state index in [0.717, 1.165) is 34.4 Å². The molecule has 0 spiro atoms. The Kier molecular flexibility index (Phi) is 5.71. The van der Waals surface area contributed by atoms with Gasteiger partial charge in [-0.05, 0) is 59.5 Å². The van der Waals surface area contributed by atoms with Crippen LogP contribution in [0.15, 0.2) is 60.2 Å². The van der Waals surface area contributed by atoms with E-state index in [-0.39, 0.29) is 12.5 Å². The van der Waals surface area contributed by atoms with Crippen LogP contribution in [0, 0.1) is 12.4 Å².